The van der Waals surface area contributed by atoms with Crippen molar-refractivity contribution in [3.05, 3.63) is 59.4 Å². The van der Waals surface area contributed by atoms with Crippen LogP contribution in [0.15, 0.2) is 42.7 Å². The summed E-state index contributed by atoms with van der Waals surface area (Å²) < 4.78 is 78.8. The molecule has 0 N–H and O–H groups in total. The Morgan fingerprint density at radius 3 is 2.11 bits per heavy atom. The zero-order chi connectivity index (χ0) is 20.0. The van der Waals surface area contributed by atoms with Crippen molar-refractivity contribution in [1.82, 2.24) is 4.98 Å². The molecule has 1 aliphatic rings. The molecule has 1 aromatic heterocycles. The number of amides is 1. The quantitative estimate of drug-likeness (QED) is 0.636. The summed E-state index contributed by atoms with van der Waals surface area (Å²) >= 11 is 1.13. The molecular weight excluding hydrogens is 394 g/mol. The minimum absolute atomic E-state index is 0.0414. The molecule has 1 saturated heterocycles. The highest BCUT2D eigenvalue weighted by Gasteiger charge is 2.43. The lowest BCUT2D eigenvalue weighted by Gasteiger charge is -2.26. The molecule has 2 aromatic rings. The van der Waals surface area contributed by atoms with E-state index in [9.17, 15) is 31.1 Å². The van der Waals surface area contributed by atoms with E-state index in [2.05, 4.69) is 4.98 Å². The van der Waals surface area contributed by atoms with Crippen molar-refractivity contribution in [3.63, 3.8) is 0 Å². The molecule has 10 heteroatoms. The average molecular weight is 406 g/mol. The maximum absolute atomic E-state index is 13.1. The van der Waals surface area contributed by atoms with E-state index in [0.29, 0.717) is 17.7 Å². The number of thioether (sulfide) groups is 1. The van der Waals surface area contributed by atoms with Gasteiger partial charge in [0.2, 0.25) is 5.91 Å². The van der Waals surface area contributed by atoms with Crippen molar-refractivity contribution >= 4 is 23.4 Å². The number of benzene rings is 1. The first-order chi connectivity index (χ1) is 12.5. The Balaban J connectivity index is 2.16. The maximum Gasteiger partial charge on any atom is 0.416 e. The van der Waals surface area contributed by atoms with E-state index in [1.807, 2.05) is 0 Å². The second-order valence-electron chi connectivity index (χ2n) is 5.89. The van der Waals surface area contributed by atoms with Crippen LogP contribution in [0.2, 0.25) is 0 Å². The van der Waals surface area contributed by atoms with Gasteiger partial charge in [0.25, 0.3) is 0 Å². The van der Waals surface area contributed by atoms with Crippen LogP contribution >= 0.6 is 11.8 Å². The minimum Gasteiger partial charge on any atom is -0.295 e. The zero-order valence-corrected chi connectivity index (χ0v) is 14.5. The predicted octanol–water partition coefficient (Wildman–Crippen LogP) is 5.29. The van der Waals surface area contributed by atoms with E-state index in [0.717, 1.165) is 16.7 Å². The first-order valence-electron chi connectivity index (χ1n) is 7.66. The van der Waals surface area contributed by atoms with Crippen LogP contribution in [0.1, 0.15) is 29.0 Å². The van der Waals surface area contributed by atoms with Gasteiger partial charge in [0.15, 0.2) is 0 Å². The van der Waals surface area contributed by atoms with Gasteiger partial charge in [-0.05, 0) is 31.2 Å². The van der Waals surface area contributed by atoms with E-state index in [1.54, 1.807) is 19.1 Å². The lowest BCUT2D eigenvalue weighted by atomic mass is 10.1. The number of carbonyl (C=O) groups is 1. The highest BCUT2D eigenvalue weighted by Crippen LogP contribution is 2.47. The van der Waals surface area contributed by atoms with Crippen molar-refractivity contribution in [2.45, 2.75) is 29.9 Å². The molecule has 0 radical (unpaired) electrons. The van der Waals surface area contributed by atoms with Crippen LogP contribution in [-0.4, -0.2) is 16.1 Å². The summed E-state index contributed by atoms with van der Waals surface area (Å²) in [5.74, 6) is -0.568. The molecule has 3 rings (SSSR count). The van der Waals surface area contributed by atoms with Crippen molar-refractivity contribution < 1.29 is 31.1 Å². The Morgan fingerprint density at radius 1 is 1.04 bits per heavy atom. The Labute approximate surface area is 154 Å². The van der Waals surface area contributed by atoms with Gasteiger partial charge in [0.05, 0.1) is 16.4 Å². The molecule has 0 spiro atoms. The maximum atomic E-state index is 13.1. The van der Waals surface area contributed by atoms with Crippen molar-refractivity contribution in [1.29, 1.82) is 0 Å². The molecule has 0 unspecified atom stereocenters. The summed E-state index contributed by atoms with van der Waals surface area (Å²) in [7, 11) is 0. The van der Waals surface area contributed by atoms with Crippen LogP contribution in [0.4, 0.5) is 32.0 Å². The fourth-order valence-corrected chi connectivity index (χ4v) is 3.97. The van der Waals surface area contributed by atoms with Gasteiger partial charge in [-0.25, -0.2) is 0 Å². The van der Waals surface area contributed by atoms with E-state index in [-0.39, 0.29) is 6.07 Å². The number of hydrogen-bond donors (Lipinski definition) is 0. The number of halogens is 6. The average Bonchev–Trinajstić information content (AvgIpc) is 2.89. The Hall–Kier alpha value is -2.23. The van der Waals surface area contributed by atoms with Crippen LogP contribution in [0, 0.1) is 0 Å². The largest absolute Gasteiger partial charge is 0.416 e. The summed E-state index contributed by atoms with van der Waals surface area (Å²) in [6.07, 6.45) is -7.07. The second-order valence-corrected chi connectivity index (χ2v) is 7.32. The van der Waals surface area contributed by atoms with Crippen molar-refractivity contribution in [2.24, 2.45) is 0 Å². The number of carbonyl (C=O) groups excluding carboxylic acids is 1. The summed E-state index contributed by atoms with van der Waals surface area (Å²) in [4.78, 5) is 17.4. The number of hydrogen-bond acceptors (Lipinski definition) is 3. The van der Waals surface area contributed by atoms with Gasteiger partial charge in [-0.2, -0.15) is 26.3 Å². The first-order valence-corrected chi connectivity index (χ1v) is 8.60. The zero-order valence-electron chi connectivity index (χ0n) is 13.7. The van der Waals surface area contributed by atoms with Crippen LogP contribution in [-0.2, 0) is 17.1 Å². The number of alkyl halides is 6. The molecule has 27 heavy (non-hydrogen) atoms. The summed E-state index contributed by atoms with van der Waals surface area (Å²) in [5, 5.41) is -1.40. The first kappa shape index (κ1) is 19.5. The fourth-order valence-electron chi connectivity index (χ4n) is 2.71. The SMILES string of the molecule is C[C@@H]1S[C@H](c2cccnc2)N(c2cc(C(F)(F)F)cc(C(F)(F)F)c2)C1=O. The molecule has 2 atom stereocenters. The van der Waals surface area contributed by atoms with E-state index in [1.165, 1.54) is 12.4 Å². The molecule has 1 aromatic carbocycles. The highest BCUT2D eigenvalue weighted by atomic mass is 32.2. The van der Waals surface area contributed by atoms with Gasteiger partial charge in [-0.1, -0.05) is 6.07 Å². The molecule has 0 saturated carbocycles. The summed E-state index contributed by atoms with van der Waals surface area (Å²) in [6.45, 7) is 1.55. The molecule has 0 bridgehead atoms. The van der Waals surface area contributed by atoms with Gasteiger partial charge in [0, 0.05) is 23.6 Å². The Morgan fingerprint density at radius 2 is 1.63 bits per heavy atom. The van der Waals surface area contributed by atoms with Gasteiger partial charge in [-0.3, -0.25) is 14.7 Å². The molecule has 0 aliphatic carbocycles. The number of aromatic nitrogens is 1. The highest BCUT2D eigenvalue weighted by molar-refractivity contribution is 8.01. The molecule has 1 aliphatic heterocycles. The molecule has 144 valence electrons. The molecule has 2 heterocycles. The number of nitrogens with zero attached hydrogens (tertiary/aromatic N) is 2. The normalized spacial score (nSPS) is 21.0. The molecule has 3 nitrogen and oxygen atoms in total. The van der Waals surface area contributed by atoms with Crippen LogP contribution in [0.5, 0.6) is 0 Å². The molecular formula is C17H12F6N2OS. The van der Waals surface area contributed by atoms with Gasteiger partial charge in [-0.15, -0.1) is 11.8 Å². The van der Waals surface area contributed by atoms with E-state index < -0.39 is 45.7 Å². The number of pyridine rings is 1. The van der Waals surface area contributed by atoms with E-state index in [4.69, 9.17) is 0 Å². The van der Waals surface area contributed by atoms with Crippen LogP contribution in [0.3, 0.4) is 0 Å². The predicted molar refractivity (Wildman–Crippen MR) is 88.0 cm³/mol. The topological polar surface area (TPSA) is 33.2 Å². The lowest BCUT2D eigenvalue weighted by molar-refractivity contribution is -0.143. The molecule has 1 fully saturated rings. The van der Waals surface area contributed by atoms with Gasteiger partial charge in [0.1, 0.15) is 5.37 Å². The third kappa shape index (κ3) is 3.90. The molecule has 1 amide bonds. The number of anilines is 1. The third-order valence-corrected chi connectivity index (χ3v) is 5.32. The number of rotatable bonds is 2. The van der Waals surface area contributed by atoms with Gasteiger partial charge >= 0.3 is 12.4 Å². The van der Waals surface area contributed by atoms with Crippen LogP contribution < -0.4 is 4.90 Å². The van der Waals surface area contributed by atoms with Crippen molar-refractivity contribution in [3.8, 4) is 0 Å². The Kier molecular flexibility index (Phi) is 4.87. The van der Waals surface area contributed by atoms with Crippen molar-refractivity contribution in [2.75, 3.05) is 4.90 Å². The standard InChI is InChI=1S/C17H12F6N2OS/c1-9-14(26)25(15(27-9)10-3-2-4-24-8-10)13-6-11(16(18,19)20)5-12(7-13)17(21,22)23/h2-9,15H,1H3/t9-,15+/m0/s1. The third-order valence-electron chi connectivity index (χ3n) is 3.97. The van der Waals surface area contributed by atoms with E-state index >= 15 is 0 Å². The summed E-state index contributed by atoms with van der Waals surface area (Å²) in [6, 6.07) is 4.36. The van der Waals surface area contributed by atoms with Gasteiger partial charge < -0.3 is 0 Å². The summed E-state index contributed by atoms with van der Waals surface area (Å²) in [5.41, 5.74) is -2.87. The second kappa shape index (κ2) is 6.74. The smallest absolute Gasteiger partial charge is 0.295 e. The lowest BCUT2D eigenvalue weighted by Crippen LogP contribution is -2.30. The van der Waals surface area contributed by atoms with Crippen LogP contribution in [0.25, 0.3) is 0 Å². The fraction of sp³-hybridized carbons (Fsp3) is 0.294. The Bertz CT molecular complexity index is 820. The monoisotopic (exact) mass is 406 g/mol. The minimum atomic E-state index is -4.98.